The molecule has 0 heterocycles. The molecule has 0 aromatic heterocycles. The first-order chi connectivity index (χ1) is 22.5. The second-order valence-corrected chi connectivity index (χ2v) is 27.9. The third kappa shape index (κ3) is 5.30. The Kier molecular flexibility index (Phi) is 10.7. The van der Waals surface area contributed by atoms with Gasteiger partial charge in [0.05, 0.1) is 23.0 Å². The molecular weight excluding hydrogens is 629 g/mol. The Labute approximate surface area is 296 Å². The minimum absolute atomic E-state index is 0.0103. The van der Waals surface area contributed by atoms with Gasteiger partial charge in [-0.3, -0.25) is 4.79 Å². The summed E-state index contributed by atoms with van der Waals surface area (Å²) in [5.41, 5.74) is 0.0318. The Balaban J connectivity index is 1.60. The van der Waals surface area contributed by atoms with Crippen LogP contribution in [0.3, 0.4) is 0 Å². The molecule has 48 heavy (non-hydrogen) atoms. The maximum Gasteiger partial charge on any atom is 0.312 e. The number of aldehydes is 1. The minimum atomic E-state index is -2.08. The molecule has 4 fully saturated rings. The first-order valence-corrected chi connectivity index (χ1v) is 25.4. The summed E-state index contributed by atoms with van der Waals surface area (Å²) in [6.07, 6.45) is 12.3. The molecular formula is C41H72O5Si2. The van der Waals surface area contributed by atoms with Crippen molar-refractivity contribution in [3.05, 3.63) is 11.6 Å². The van der Waals surface area contributed by atoms with Gasteiger partial charge in [0.1, 0.15) is 6.29 Å². The van der Waals surface area contributed by atoms with Crippen molar-refractivity contribution in [3.63, 3.8) is 0 Å². The van der Waals surface area contributed by atoms with E-state index < -0.39 is 33.4 Å². The largest absolute Gasteiger partial charge is 0.481 e. The Morgan fingerprint density at radius 2 is 1.40 bits per heavy atom. The molecule has 5 nitrogen and oxygen atoms in total. The van der Waals surface area contributed by atoms with Crippen molar-refractivity contribution < 1.29 is 23.5 Å². The van der Waals surface area contributed by atoms with Crippen LogP contribution in [-0.4, -0.2) is 46.2 Å². The van der Waals surface area contributed by atoms with E-state index in [4.69, 9.17) is 8.85 Å². The zero-order valence-electron chi connectivity index (χ0n) is 32.8. The van der Waals surface area contributed by atoms with Crippen LogP contribution in [-0.2, 0) is 18.4 Å². The molecule has 0 aliphatic heterocycles. The van der Waals surface area contributed by atoms with Gasteiger partial charge in [0.25, 0.3) is 0 Å². The SMILES string of the molecule is CC[Si](CC)(CC)OC1CCC2(C)C(CCC3(C)C2CC=C2C4C[C@H](C)CC[C@]4(C(=O)O)C(O[Si](CC)(CC)CC)CC23C)C1(C)C=O. The Morgan fingerprint density at radius 3 is 1.92 bits per heavy atom. The zero-order valence-corrected chi connectivity index (χ0v) is 34.8. The Hall–Kier alpha value is -0.766. The van der Waals surface area contributed by atoms with Gasteiger partial charge in [0.2, 0.25) is 0 Å². The molecule has 0 bridgehead atoms. The van der Waals surface area contributed by atoms with Gasteiger partial charge in [-0.25, -0.2) is 0 Å². The summed E-state index contributed by atoms with van der Waals surface area (Å²) in [5, 5.41) is 11.3. The number of carboxylic acid groups (broad SMARTS) is 1. The zero-order chi connectivity index (χ0) is 35.6. The molecule has 274 valence electrons. The molecule has 0 aromatic rings. The fourth-order valence-electron chi connectivity index (χ4n) is 13.4. The molecule has 11 atom stereocenters. The fourth-order valence-corrected chi connectivity index (χ4v) is 19.2. The highest BCUT2D eigenvalue weighted by molar-refractivity contribution is 6.74. The van der Waals surface area contributed by atoms with Gasteiger partial charge >= 0.3 is 5.97 Å². The van der Waals surface area contributed by atoms with Gasteiger partial charge in [-0.1, -0.05) is 87.8 Å². The van der Waals surface area contributed by atoms with E-state index >= 15 is 0 Å². The van der Waals surface area contributed by atoms with Crippen molar-refractivity contribution >= 4 is 28.9 Å². The molecule has 5 aliphatic carbocycles. The molecule has 9 unspecified atom stereocenters. The van der Waals surface area contributed by atoms with Crippen LogP contribution < -0.4 is 0 Å². The molecule has 0 spiro atoms. The first kappa shape index (κ1) is 38.5. The van der Waals surface area contributed by atoms with Crippen LogP contribution in [0.4, 0.5) is 0 Å². The van der Waals surface area contributed by atoms with Crippen molar-refractivity contribution in [2.24, 2.45) is 50.7 Å². The summed E-state index contributed by atoms with van der Waals surface area (Å²) in [4.78, 5) is 27.1. The molecule has 0 aromatic carbocycles. The van der Waals surface area contributed by atoms with Crippen molar-refractivity contribution in [1.29, 1.82) is 0 Å². The van der Waals surface area contributed by atoms with E-state index in [0.29, 0.717) is 17.8 Å². The normalized spacial score (nSPS) is 44.4. The smallest absolute Gasteiger partial charge is 0.312 e. The Bertz CT molecular complexity index is 1230. The quantitative estimate of drug-likeness (QED) is 0.125. The molecule has 0 amide bonds. The number of carboxylic acids is 1. The van der Waals surface area contributed by atoms with E-state index in [9.17, 15) is 14.7 Å². The highest BCUT2D eigenvalue weighted by atomic mass is 28.4. The first-order valence-electron chi connectivity index (χ1n) is 20.3. The lowest BCUT2D eigenvalue weighted by Gasteiger charge is -2.71. The van der Waals surface area contributed by atoms with Crippen LogP contribution in [0.2, 0.25) is 36.3 Å². The minimum Gasteiger partial charge on any atom is -0.481 e. The number of carbonyl (C=O) groups is 2. The predicted molar refractivity (Wildman–Crippen MR) is 202 cm³/mol. The predicted octanol–water partition coefficient (Wildman–Crippen LogP) is 11.1. The molecule has 5 aliphatic rings. The van der Waals surface area contributed by atoms with E-state index in [1.165, 1.54) is 11.9 Å². The maximum atomic E-state index is 13.7. The third-order valence-electron chi connectivity index (χ3n) is 17.3. The average Bonchev–Trinajstić information content (AvgIpc) is 3.07. The van der Waals surface area contributed by atoms with E-state index in [2.05, 4.69) is 82.2 Å². The highest BCUT2D eigenvalue weighted by Gasteiger charge is 2.72. The van der Waals surface area contributed by atoms with Crippen molar-refractivity contribution in [2.75, 3.05) is 0 Å². The number of hydrogen-bond acceptors (Lipinski definition) is 4. The van der Waals surface area contributed by atoms with Crippen LogP contribution in [0.5, 0.6) is 0 Å². The Morgan fingerprint density at radius 1 is 0.833 bits per heavy atom. The summed E-state index contributed by atoms with van der Waals surface area (Å²) >= 11 is 0. The molecule has 1 N–H and O–H groups in total. The second kappa shape index (κ2) is 13.3. The topological polar surface area (TPSA) is 72.8 Å². The number of hydrogen-bond donors (Lipinski definition) is 1. The molecule has 0 radical (unpaired) electrons. The number of fused-ring (bicyclic) bond motifs is 7. The van der Waals surface area contributed by atoms with Gasteiger partial charge in [0, 0.05) is 0 Å². The summed E-state index contributed by atoms with van der Waals surface area (Å²) in [7, 11) is -3.96. The van der Waals surface area contributed by atoms with Crippen LogP contribution in [0, 0.1) is 50.7 Å². The molecule has 4 saturated carbocycles. The van der Waals surface area contributed by atoms with Gasteiger partial charge < -0.3 is 18.8 Å². The van der Waals surface area contributed by atoms with E-state index in [0.717, 1.165) is 94.1 Å². The van der Waals surface area contributed by atoms with Crippen molar-refractivity contribution in [1.82, 2.24) is 0 Å². The number of allylic oxidation sites excluding steroid dienone is 2. The van der Waals surface area contributed by atoms with Crippen LogP contribution >= 0.6 is 0 Å². The van der Waals surface area contributed by atoms with Crippen LogP contribution in [0.25, 0.3) is 0 Å². The molecule has 5 rings (SSSR count). The average molecular weight is 701 g/mol. The van der Waals surface area contributed by atoms with Gasteiger partial charge in [-0.15, -0.1) is 0 Å². The van der Waals surface area contributed by atoms with E-state index in [-0.39, 0.29) is 34.4 Å². The summed E-state index contributed by atoms with van der Waals surface area (Å²) in [5.74, 6) is 0.658. The lowest BCUT2D eigenvalue weighted by molar-refractivity contribution is -0.213. The van der Waals surface area contributed by atoms with E-state index in [1.54, 1.807) is 0 Å². The second-order valence-electron chi connectivity index (χ2n) is 18.5. The fraction of sp³-hybridized carbons (Fsp3) is 0.902. The van der Waals surface area contributed by atoms with Crippen LogP contribution in [0.1, 0.15) is 134 Å². The third-order valence-corrected chi connectivity index (χ3v) is 26.6. The highest BCUT2D eigenvalue weighted by Crippen LogP contribution is 2.76. The lowest BCUT2D eigenvalue weighted by Crippen LogP contribution is -2.69. The number of aliphatic carboxylic acids is 1. The standard InChI is InChI=1S/C41H72O5Si2/c1-12-47(13-2,14-3)45-34-22-23-37(8)32(38(34,9)28-42)21-24-39(10)33(37)19-18-30-31-26-29(7)20-25-41(31,36(43)44)35(27-40(30,39)11)46-48(15-4,16-5)17-6/h18,28-29,31-35H,12-17,19-27H2,1-11H3,(H,43,44)/t29-,31?,32?,33?,34?,35?,37?,38?,39?,40?,41-/m1/s1. The summed E-state index contributed by atoms with van der Waals surface area (Å²) < 4.78 is 14.7. The summed E-state index contributed by atoms with van der Waals surface area (Å²) in [6.45, 7) is 26.0. The number of rotatable bonds is 12. The van der Waals surface area contributed by atoms with Crippen LogP contribution in [0.15, 0.2) is 11.6 Å². The monoisotopic (exact) mass is 700 g/mol. The van der Waals surface area contributed by atoms with Crippen molar-refractivity contribution in [2.45, 2.75) is 182 Å². The summed E-state index contributed by atoms with van der Waals surface area (Å²) in [6, 6.07) is 6.45. The van der Waals surface area contributed by atoms with Gasteiger partial charge in [-0.05, 0) is 134 Å². The maximum absolute atomic E-state index is 13.7. The van der Waals surface area contributed by atoms with Gasteiger partial charge in [-0.2, -0.15) is 0 Å². The molecule has 0 saturated heterocycles. The number of carbonyl (C=O) groups excluding carboxylic acids is 1. The lowest BCUT2D eigenvalue weighted by atomic mass is 9.33. The molecule has 7 heteroatoms. The van der Waals surface area contributed by atoms with Crippen molar-refractivity contribution in [3.8, 4) is 0 Å². The van der Waals surface area contributed by atoms with E-state index in [1.807, 2.05) is 0 Å². The van der Waals surface area contributed by atoms with Gasteiger partial charge in [0.15, 0.2) is 16.6 Å².